The number of nitrogens with one attached hydrogen (secondary N) is 2. The van der Waals surface area contributed by atoms with Crippen molar-refractivity contribution in [2.75, 3.05) is 43.7 Å². The van der Waals surface area contributed by atoms with Crippen LogP contribution in [0.25, 0.3) is 0 Å². The fourth-order valence-corrected chi connectivity index (χ4v) is 3.51. The first-order valence-corrected chi connectivity index (χ1v) is 9.90. The fourth-order valence-electron chi connectivity index (χ4n) is 2.80. The van der Waals surface area contributed by atoms with Crippen LogP contribution in [0.3, 0.4) is 0 Å². The molecule has 0 spiro atoms. The van der Waals surface area contributed by atoms with Gasteiger partial charge >= 0.3 is 0 Å². The predicted molar refractivity (Wildman–Crippen MR) is 115 cm³/mol. The van der Waals surface area contributed by atoms with E-state index in [4.69, 9.17) is 15.2 Å². The molecule has 4 N–H and O–H groups in total. The third kappa shape index (κ3) is 5.04. The molecule has 0 aliphatic heterocycles. The average molecular weight is 400 g/mol. The number of benzene rings is 1. The zero-order valence-electron chi connectivity index (χ0n) is 16.1. The maximum Gasteiger partial charge on any atom is 0.160 e. The van der Waals surface area contributed by atoms with E-state index in [0.29, 0.717) is 23.9 Å². The first-order chi connectivity index (χ1) is 13.7. The second-order valence-corrected chi connectivity index (χ2v) is 7.14. The minimum Gasteiger partial charge on any atom is -0.493 e. The SMILES string of the molecule is COc1ccc(CCNc2ncnc(NCCc3cccs3)c2N)cc1OC. The summed E-state index contributed by atoms with van der Waals surface area (Å²) in [7, 11) is 3.26. The second kappa shape index (κ2) is 9.80. The first-order valence-electron chi connectivity index (χ1n) is 9.02. The van der Waals surface area contributed by atoms with Gasteiger partial charge in [-0.25, -0.2) is 9.97 Å². The molecule has 28 heavy (non-hydrogen) atoms. The smallest absolute Gasteiger partial charge is 0.160 e. The lowest BCUT2D eigenvalue weighted by molar-refractivity contribution is 0.354. The Hall–Kier alpha value is -3.00. The van der Waals surface area contributed by atoms with E-state index < -0.39 is 0 Å². The van der Waals surface area contributed by atoms with Gasteiger partial charge in [-0.05, 0) is 42.0 Å². The average Bonchev–Trinajstić information content (AvgIpc) is 3.23. The summed E-state index contributed by atoms with van der Waals surface area (Å²) in [5, 5.41) is 8.65. The number of nitrogens with zero attached hydrogens (tertiary/aromatic N) is 2. The van der Waals surface area contributed by atoms with Crippen molar-refractivity contribution in [3.05, 3.63) is 52.5 Å². The van der Waals surface area contributed by atoms with Crippen LogP contribution in [-0.2, 0) is 12.8 Å². The highest BCUT2D eigenvalue weighted by atomic mass is 32.1. The topological polar surface area (TPSA) is 94.3 Å². The molecular weight excluding hydrogens is 374 g/mol. The molecule has 0 saturated heterocycles. The van der Waals surface area contributed by atoms with Crippen LogP contribution in [0.4, 0.5) is 17.3 Å². The molecule has 1 aromatic carbocycles. The van der Waals surface area contributed by atoms with Gasteiger partial charge in [0.15, 0.2) is 23.1 Å². The van der Waals surface area contributed by atoms with E-state index in [9.17, 15) is 0 Å². The Morgan fingerprint density at radius 3 is 2.32 bits per heavy atom. The lowest BCUT2D eigenvalue weighted by atomic mass is 10.1. The molecule has 0 bridgehead atoms. The number of nitrogen functional groups attached to an aromatic ring is 1. The molecule has 8 heteroatoms. The maximum absolute atomic E-state index is 6.22. The van der Waals surface area contributed by atoms with E-state index in [1.165, 1.54) is 11.2 Å². The normalized spacial score (nSPS) is 10.5. The van der Waals surface area contributed by atoms with Gasteiger partial charge in [0.1, 0.15) is 12.0 Å². The highest BCUT2D eigenvalue weighted by molar-refractivity contribution is 7.09. The van der Waals surface area contributed by atoms with Crippen LogP contribution in [0.15, 0.2) is 42.0 Å². The summed E-state index contributed by atoms with van der Waals surface area (Å²) < 4.78 is 10.6. The molecule has 0 aliphatic carbocycles. The minimum absolute atomic E-state index is 0.529. The van der Waals surface area contributed by atoms with Crippen molar-refractivity contribution < 1.29 is 9.47 Å². The Labute approximate surface area is 168 Å². The van der Waals surface area contributed by atoms with Crippen molar-refractivity contribution in [3.8, 4) is 11.5 Å². The van der Waals surface area contributed by atoms with Gasteiger partial charge in [-0.1, -0.05) is 12.1 Å². The van der Waals surface area contributed by atoms with Crippen molar-refractivity contribution in [1.82, 2.24) is 9.97 Å². The van der Waals surface area contributed by atoms with Crippen LogP contribution in [0.5, 0.6) is 11.5 Å². The molecule has 0 atom stereocenters. The molecule has 0 amide bonds. The highest BCUT2D eigenvalue weighted by Gasteiger charge is 2.09. The van der Waals surface area contributed by atoms with Crippen molar-refractivity contribution >= 4 is 28.7 Å². The molecule has 148 valence electrons. The quantitative estimate of drug-likeness (QED) is 0.481. The Morgan fingerprint density at radius 1 is 0.964 bits per heavy atom. The summed E-state index contributed by atoms with van der Waals surface area (Å²) in [6.07, 6.45) is 3.25. The Balaban J connectivity index is 1.54. The standard InChI is InChI=1S/C20H25N5O2S/c1-26-16-6-5-14(12-17(16)27-2)7-9-22-19-18(21)20(25-13-24-19)23-10-8-15-4-3-11-28-15/h3-6,11-13H,7-10,21H2,1-2H3,(H2,22,23,24,25). The zero-order valence-corrected chi connectivity index (χ0v) is 16.9. The fraction of sp³-hybridized carbons (Fsp3) is 0.300. The van der Waals surface area contributed by atoms with Crippen molar-refractivity contribution in [2.24, 2.45) is 0 Å². The lowest BCUT2D eigenvalue weighted by Crippen LogP contribution is -2.13. The van der Waals surface area contributed by atoms with Crippen LogP contribution in [0.1, 0.15) is 10.4 Å². The van der Waals surface area contributed by atoms with Gasteiger partial charge in [0.05, 0.1) is 14.2 Å². The molecule has 2 aromatic heterocycles. The summed E-state index contributed by atoms with van der Waals surface area (Å²) in [5.74, 6) is 2.73. The molecule has 0 fully saturated rings. The zero-order chi connectivity index (χ0) is 19.8. The number of methoxy groups -OCH3 is 2. The minimum atomic E-state index is 0.529. The summed E-state index contributed by atoms with van der Waals surface area (Å²) in [5.41, 5.74) is 7.88. The van der Waals surface area contributed by atoms with E-state index in [1.54, 1.807) is 25.6 Å². The number of anilines is 3. The van der Waals surface area contributed by atoms with Crippen molar-refractivity contribution in [3.63, 3.8) is 0 Å². The number of hydrogen-bond donors (Lipinski definition) is 3. The third-order valence-electron chi connectivity index (χ3n) is 4.28. The van der Waals surface area contributed by atoms with Crippen LogP contribution in [-0.4, -0.2) is 37.3 Å². The molecule has 3 aromatic rings. The van der Waals surface area contributed by atoms with Gasteiger partial charge in [-0.3, -0.25) is 0 Å². The second-order valence-electron chi connectivity index (χ2n) is 6.11. The number of thiophene rings is 1. The number of hydrogen-bond acceptors (Lipinski definition) is 8. The number of ether oxygens (including phenoxy) is 2. The first kappa shape index (κ1) is 19.8. The van der Waals surface area contributed by atoms with Crippen LogP contribution < -0.4 is 25.8 Å². The third-order valence-corrected chi connectivity index (χ3v) is 5.22. The molecule has 0 saturated carbocycles. The molecule has 0 aliphatic rings. The van der Waals surface area contributed by atoms with E-state index in [-0.39, 0.29) is 0 Å². The largest absolute Gasteiger partial charge is 0.493 e. The predicted octanol–water partition coefficient (Wildman–Crippen LogP) is 3.45. The van der Waals surface area contributed by atoms with E-state index in [2.05, 4.69) is 38.1 Å². The monoisotopic (exact) mass is 399 g/mol. The Morgan fingerprint density at radius 2 is 1.68 bits per heavy atom. The molecule has 0 unspecified atom stereocenters. The van der Waals surface area contributed by atoms with Gasteiger partial charge in [0.2, 0.25) is 0 Å². The van der Waals surface area contributed by atoms with Gasteiger partial charge in [-0.2, -0.15) is 0 Å². The molecule has 7 nitrogen and oxygen atoms in total. The van der Waals surface area contributed by atoms with Crippen LogP contribution >= 0.6 is 11.3 Å². The summed E-state index contributed by atoms with van der Waals surface area (Å²) in [6, 6.07) is 10.1. The van der Waals surface area contributed by atoms with E-state index >= 15 is 0 Å². The van der Waals surface area contributed by atoms with E-state index in [1.807, 2.05) is 18.2 Å². The molecular formula is C20H25N5O2S. The van der Waals surface area contributed by atoms with Crippen molar-refractivity contribution in [1.29, 1.82) is 0 Å². The maximum atomic E-state index is 6.22. The Kier molecular flexibility index (Phi) is 6.91. The van der Waals surface area contributed by atoms with Gasteiger partial charge in [-0.15, -0.1) is 11.3 Å². The van der Waals surface area contributed by atoms with Crippen LogP contribution in [0, 0.1) is 0 Å². The summed E-state index contributed by atoms with van der Waals surface area (Å²) >= 11 is 1.75. The molecule has 3 rings (SSSR count). The Bertz CT molecular complexity index is 886. The number of rotatable bonds is 10. The van der Waals surface area contributed by atoms with Gasteiger partial charge < -0.3 is 25.8 Å². The molecule has 0 radical (unpaired) electrons. The van der Waals surface area contributed by atoms with Crippen LogP contribution in [0.2, 0.25) is 0 Å². The van der Waals surface area contributed by atoms with E-state index in [0.717, 1.165) is 36.4 Å². The summed E-state index contributed by atoms with van der Waals surface area (Å²) in [6.45, 7) is 1.46. The lowest BCUT2D eigenvalue weighted by Gasteiger charge is -2.13. The number of nitrogens with two attached hydrogens (primary N) is 1. The van der Waals surface area contributed by atoms with Crippen molar-refractivity contribution in [2.45, 2.75) is 12.8 Å². The summed E-state index contributed by atoms with van der Waals surface area (Å²) in [4.78, 5) is 9.84. The number of aromatic nitrogens is 2. The highest BCUT2D eigenvalue weighted by Crippen LogP contribution is 2.28. The van der Waals surface area contributed by atoms with Gasteiger partial charge in [0.25, 0.3) is 0 Å². The molecule has 2 heterocycles. The van der Waals surface area contributed by atoms with Gasteiger partial charge in [0, 0.05) is 18.0 Å².